The Morgan fingerprint density at radius 3 is 2.25 bits per heavy atom. The fraction of sp³-hybridized carbons (Fsp3) is 0.889. The summed E-state index contributed by atoms with van der Waals surface area (Å²) in [6.07, 6.45) is 0.807. The summed E-state index contributed by atoms with van der Waals surface area (Å²) in [4.78, 5) is 10.7. The fourth-order valence-electron chi connectivity index (χ4n) is 1.03. The summed E-state index contributed by atoms with van der Waals surface area (Å²) in [6, 6.07) is 0. The van der Waals surface area contributed by atoms with Crippen LogP contribution in [0.15, 0.2) is 0 Å². The van der Waals surface area contributed by atoms with E-state index in [0.717, 1.165) is 32.4 Å². The number of nitrogens with two attached hydrogens (primary N) is 1. The lowest BCUT2D eigenvalue weighted by atomic mass is 10.3. The average molecular weight is 256 g/mol. The van der Waals surface area contributed by atoms with Gasteiger partial charge in [-0.25, -0.2) is 0 Å². The summed E-state index contributed by atoms with van der Waals surface area (Å²) in [6.45, 7) is 2.96. The molecule has 0 saturated heterocycles. The Kier molecular flexibility index (Phi) is 14.2. The molecular formula is C9H22ClN3O3. The number of nitrogens with one attached hydrogen (secondary N) is 2. The summed E-state index contributed by atoms with van der Waals surface area (Å²) in [7, 11) is 0. The molecule has 0 rings (SSSR count). The molecule has 0 atom stereocenters. The maximum absolute atomic E-state index is 10.7. The van der Waals surface area contributed by atoms with Crippen LogP contribution in [0.3, 0.4) is 0 Å². The van der Waals surface area contributed by atoms with Crippen molar-refractivity contribution in [3.63, 3.8) is 0 Å². The molecule has 0 aliphatic carbocycles. The van der Waals surface area contributed by atoms with Crippen LogP contribution in [0.1, 0.15) is 19.3 Å². The highest BCUT2D eigenvalue weighted by Crippen LogP contribution is 1.85. The van der Waals surface area contributed by atoms with Crippen molar-refractivity contribution in [2.24, 2.45) is 5.73 Å². The van der Waals surface area contributed by atoms with Gasteiger partial charge in [0.1, 0.15) is 0 Å². The van der Waals surface area contributed by atoms with Crippen molar-refractivity contribution in [3.8, 4) is 0 Å². The number of rotatable bonds is 9. The van der Waals surface area contributed by atoms with E-state index < -0.39 is 12.2 Å². The maximum Gasteiger partial charge on any atom is 0.276 e. The van der Waals surface area contributed by atoms with Crippen LogP contribution in [-0.2, 0) is 4.79 Å². The normalized spacial score (nSPS) is 10.0. The zero-order valence-electron chi connectivity index (χ0n) is 9.32. The monoisotopic (exact) mass is 255 g/mol. The molecule has 1 amide bonds. The summed E-state index contributed by atoms with van der Waals surface area (Å²) in [5, 5.41) is 22.5. The van der Waals surface area contributed by atoms with E-state index in [-0.39, 0.29) is 12.4 Å². The molecule has 0 radical (unpaired) electrons. The highest BCUT2D eigenvalue weighted by atomic mass is 35.5. The average Bonchev–Trinajstić information content (AvgIpc) is 2.21. The van der Waals surface area contributed by atoms with Gasteiger partial charge in [0.05, 0.1) is 0 Å². The van der Waals surface area contributed by atoms with E-state index in [1.807, 2.05) is 0 Å². The number of aliphatic hydroxyl groups excluding tert-OH is 1. The first-order valence-corrected chi connectivity index (χ1v) is 5.23. The highest BCUT2D eigenvalue weighted by molar-refractivity contribution is 5.85. The van der Waals surface area contributed by atoms with E-state index in [1.54, 1.807) is 0 Å². The van der Waals surface area contributed by atoms with Crippen molar-refractivity contribution in [1.29, 1.82) is 0 Å². The standard InChI is InChI=1S/C9H21N3O3.ClH/c10-4-3-6-11-5-1-2-7-12-8(13)9(14)15;/h9,11,14-15H,1-7,10H2,(H,12,13);1H. The summed E-state index contributed by atoms with van der Waals surface area (Å²) >= 11 is 0. The first kappa shape index (κ1) is 18.0. The minimum Gasteiger partial charge on any atom is -0.361 e. The van der Waals surface area contributed by atoms with E-state index in [9.17, 15) is 4.79 Å². The zero-order chi connectivity index (χ0) is 11.5. The smallest absolute Gasteiger partial charge is 0.276 e. The van der Waals surface area contributed by atoms with Gasteiger partial charge in [-0.15, -0.1) is 12.4 Å². The molecule has 0 aliphatic heterocycles. The number of carbonyl (C=O) groups is 1. The number of unbranched alkanes of at least 4 members (excludes halogenated alkanes) is 1. The minimum absolute atomic E-state index is 0. The number of hydrogen-bond acceptors (Lipinski definition) is 5. The molecule has 7 heteroatoms. The Morgan fingerprint density at radius 1 is 1.12 bits per heavy atom. The van der Waals surface area contributed by atoms with Crippen molar-refractivity contribution >= 4 is 18.3 Å². The largest absolute Gasteiger partial charge is 0.361 e. The van der Waals surface area contributed by atoms with Crippen LogP contribution in [0, 0.1) is 0 Å². The number of amides is 1. The van der Waals surface area contributed by atoms with Gasteiger partial charge in [-0.3, -0.25) is 4.79 Å². The van der Waals surface area contributed by atoms with Crippen LogP contribution in [-0.4, -0.2) is 48.6 Å². The molecule has 0 fully saturated rings. The molecule has 0 spiro atoms. The van der Waals surface area contributed by atoms with Crippen LogP contribution in [0.25, 0.3) is 0 Å². The van der Waals surface area contributed by atoms with E-state index in [2.05, 4.69) is 10.6 Å². The second kappa shape index (κ2) is 12.7. The highest BCUT2D eigenvalue weighted by Gasteiger charge is 2.08. The van der Waals surface area contributed by atoms with Crippen LogP contribution in [0.4, 0.5) is 0 Å². The van der Waals surface area contributed by atoms with Crippen LogP contribution in [0.5, 0.6) is 0 Å². The number of carbonyl (C=O) groups excluding carboxylic acids is 1. The summed E-state index contributed by atoms with van der Waals surface area (Å²) < 4.78 is 0. The lowest BCUT2D eigenvalue weighted by Gasteiger charge is -2.06. The van der Waals surface area contributed by atoms with Crippen molar-refractivity contribution in [3.05, 3.63) is 0 Å². The number of halogens is 1. The molecule has 0 saturated carbocycles. The second-order valence-corrected chi connectivity index (χ2v) is 3.26. The van der Waals surface area contributed by atoms with Crippen molar-refractivity contribution in [2.75, 3.05) is 26.2 Å². The Hall–Kier alpha value is -0.400. The predicted octanol–water partition coefficient (Wildman–Crippen LogP) is -1.45. The predicted molar refractivity (Wildman–Crippen MR) is 64.3 cm³/mol. The summed E-state index contributed by atoms with van der Waals surface area (Å²) in [5.74, 6) is -0.744. The van der Waals surface area contributed by atoms with Gasteiger partial charge < -0.3 is 26.6 Å². The molecule has 0 aromatic carbocycles. The molecule has 6 N–H and O–H groups in total. The lowest BCUT2D eigenvalue weighted by Crippen LogP contribution is -2.35. The molecule has 0 unspecified atom stereocenters. The van der Waals surface area contributed by atoms with E-state index in [1.165, 1.54) is 0 Å². The van der Waals surface area contributed by atoms with Gasteiger partial charge in [-0.05, 0) is 38.9 Å². The SMILES string of the molecule is Cl.NCCCNCCCCNC(=O)C(O)O. The Balaban J connectivity index is 0. The summed E-state index contributed by atoms with van der Waals surface area (Å²) in [5.41, 5.74) is 5.32. The first-order valence-electron chi connectivity index (χ1n) is 5.23. The van der Waals surface area contributed by atoms with E-state index in [4.69, 9.17) is 15.9 Å². The third kappa shape index (κ3) is 11.7. The molecule has 0 aliphatic rings. The third-order valence-corrected chi connectivity index (χ3v) is 1.87. The van der Waals surface area contributed by atoms with E-state index >= 15 is 0 Å². The molecule has 98 valence electrons. The van der Waals surface area contributed by atoms with Crippen LogP contribution >= 0.6 is 12.4 Å². The van der Waals surface area contributed by atoms with Crippen LogP contribution in [0.2, 0.25) is 0 Å². The van der Waals surface area contributed by atoms with Gasteiger partial charge in [-0.1, -0.05) is 0 Å². The maximum atomic E-state index is 10.7. The zero-order valence-corrected chi connectivity index (χ0v) is 10.1. The topological polar surface area (TPSA) is 108 Å². The Morgan fingerprint density at radius 2 is 1.69 bits per heavy atom. The van der Waals surface area contributed by atoms with Crippen molar-refractivity contribution < 1.29 is 15.0 Å². The fourth-order valence-corrected chi connectivity index (χ4v) is 1.03. The molecule has 16 heavy (non-hydrogen) atoms. The van der Waals surface area contributed by atoms with Gasteiger partial charge in [-0.2, -0.15) is 0 Å². The number of aliphatic hydroxyl groups is 2. The first-order chi connectivity index (χ1) is 7.18. The van der Waals surface area contributed by atoms with Crippen molar-refractivity contribution in [2.45, 2.75) is 25.6 Å². The molecule has 0 aromatic rings. The van der Waals surface area contributed by atoms with Gasteiger partial charge in [0, 0.05) is 6.54 Å². The quantitative estimate of drug-likeness (QED) is 0.256. The number of hydrogen-bond donors (Lipinski definition) is 5. The van der Waals surface area contributed by atoms with Gasteiger partial charge in [0.15, 0.2) is 0 Å². The molecule has 6 nitrogen and oxygen atoms in total. The Labute approximate surface area is 102 Å². The minimum atomic E-state index is -1.91. The third-order valence-electron chi connectivity index (χ3n) is 1.87. The van der Waals surface area contributed by atoms with Gasteiger partial charge >= 0.3 is 0 Å². The molecule has 0 bridgehead atoms. The molecular weight excluding hydrogens is 234 g/mol. The molecule has 0 aromatic heterocycles. The van der Waals surface area contributed by atoms with Crippen molar-refractivity contribution in [1.82, 2.24) is 10.6 Å². The van der Waals surface area contributed by atoms with E-state index in [0.29, 0.717) is 13.1 Å². The van der Waals surface area contributed by atoms with Gasteiger partial charge in [0.25, 0.3) is 5.91 Å². The van der Waals surface area contributed by atoms with Gasteiger partial charge in [0.2, 0.25) is 6.29 Å². The second-order valence-electron chi connectivity index (χ2n) is 3.26. The molecule has 0 heterocycles. The lowest BCUT2D eigenvalue weighted by molar-refractivity contribution is -0.147. The van der Waals surface area contributed by atoms with Crippen LogP contribution < -0.4 is 16.4 Å². The Bertz CT molecular complexity index is 170.